The van der Waals surface area contributed by atoms with Crippen LogP contribution in [0.15, 0.2) is 30.6 Å². The largest absolute Gasteiger partial charge is 0.377 e. The molecule has 1 aliphatic rings. The van der Waals surface area contributed by atoms with Crippen LogP contribution in [0, 0.1) is 11.3 Å². The fraction of sp³-hybridized carbons (Fsp3) is 0.350. The summed E-state index contributed by atoms with van der Waals surface area (Å²) in [4.78, 5) is 23.1. The van der Waals surface area contributed by atoms with E-state index in [0.717, 1.165) is 16.9 Å². The van der Waals surface area contributed by atoms with Gasteiger partial charge in [-0.3, -0.25) is 14.9 Å². The maximum absolute atomic E-state index is 11.6. The number of aromatic amines is 1. The van der Waals surface area contributed by atoms with Crippen molar-refractivity contribution in [1.82, 2.24) is 20.2 Å². The van der Waals surface area contributed by atoms with E-state index in [4.69, 9.17) is 15.5 Å². The second kappa shape index (κ2) is 7.85. The third-order valence-electron chi connectivity index (χ3n) is 5.10. The minimum Gasteiger partial charge on any atom is -0.377 e. The number of nitrogens with zero attached hydrogens (tertiary/aromatic N) is 5. The van der Waals surface area contributed by atoms with Crippen LogP contribution in [0.4, 0.5) is 5.82 Å². The number of morpholine rings is 1. The molecule has 0 spiro atoms. The summed E-state index contributed by atoms with van der Waals surface area (Å²) in [7, 11) is 0. The van der Waals surface area contributed by atoms with Gasteiger partial charge in [-0.2, -0.15) is 10.4 Å². The Kier molecular flexibility index (Phi) is 5.10. The number of rotatable bonds is 5. The molecule has 0 aliphatic carbocycles. The number of carbonyl (C=O) groups excluding carboxylic acids is 1. The lowest BCUT2D eigenvalue weighted by atomic mass is 9.93. The number of primary amides is 1. The van der Waals surface area contributed by atoms with Gasteiger partial charge in [-0.25, -0.2) is 4.98 Å². The highest BCUT2D eigenvalue weighted by Gasteiger charge is 2.25. The van der Waals surface area contributed by atoms with E-state index in [-0.39, 0.29) is 12.5 Å². The van der Waals surface area contributed by atoms with Gasteiger partial charge in [0.2, 0.25) is 5.91 Å². The van der Waals surface area contributed by atoms with Crippen LogP contribution in [-0.2, 0) is 9.53 Å². The van der Waals surface area contributed by atoms with Crippen molar-refractivity contribution in [2.24, 2.45) is 5.73 Å². The smallest absolute Gasteiger partial charge is 0.219 e. The van der Waals surface area contributed by atoms with Crippen LogP contribution < -0.4 is 10.6 Å². The van der Waals surface area contributed by atoms with E-state index >= 15 is 0 Å². The van der Waals surface area contributed by atoms with E-state index < -0.39 is 11.8 Å². The number of ether oxygens (including phenoxy) is 1. The number of nitrogens with one attached hydrogen (secondary N) is 1. The van der Waals surface area contributed by atoms with E-state index in [1.54, 1.807) is 12.4 Å². The van der Waals surface area contributed by atoms with Crippen molar-refractivity contribution in [2.75, 3.05) is 24.7 Å². The number of fused-ring (bicyclic) bond motifs is 1. The van der Waals surface area contributed by atoms with Crippen LogP contribution in [0.1, 0.15) is 24.8 Å². The summed E-state index contributed by atoms with van der Waals surface area (Å²) < 4.78 is 5.55. The molecule has 0 radical (unpaired) electrons. The number of aromatic nitrogens is 4. The normalized spacial score (nSPS) is 17.8. The van der Waals surface area contributed by atoms with Crippen molar-refractivity contribution in [1.29, 1.82) is 5.26 Å². The Balaban J connectivity index is 1.96. The number of pyridine rings is 2. The highest BCUT2D eigenvalue weighted by molar-refractivity contribution is 5.94. The van der Waals surface area contributed by atoms with Gasteiger partial charge in [0, 0.05) is 30.7 Å². The fourth-order valence-corrected chi connectivity index (χ4v) is 3.68. The van der Waals surface area contributed by atoms with Gasteiger partial charge < -0.3 is 15.4 Å². The van der Waals surface area contributed by atoms with E-state index in [1.807, 2.05) is 18.2 Å². The summed E-state index contributed by atoms with van der Waals surface area (Å²) in [6, 6.07) is 7.87. The highest BCUT2D eigenvalue weighted by atomic mass is 16.5. The number of hydrogen-bond acceptors (Lipinski definition) is 7. The maximum atomic E-state index is 11.6. The molecular weight excluding hydrogens is 370 g/mol. The highest BCUT2D eigenvalue weighted by Crippen LogP contribution is 2.34. The minimum absolute atomic E-state index is 0.0601. The standard InChI is InChI=1S/C20H21N7O2/c1-12-11-29-7-6-27(12)18-9-15(13(10-21)8-17(22)28)14-2-4-23-20(19(14)25-18)16-3-5-24-26-16/h2-5,9,12-13H,6-8,11H2,1H3,(H2,22,28)(H,24,26)/t12-,13?/m1/s1. The topological polar surface area (TPSA) is 134 Å². The monoisotopic (exact) mass is 391 g/mol. The summed E-state index contributed by atoms with van der Waals surface area (Å²) in [5.41, 5.74) is 8.13. The van der Waals surface area contributed by atoms with Gasteiger partial charge in [0.25, 0.3) is 0 Å². The number of amides is 1. The predicted octanol–water partition coefficient (Wildman–Crippen LogP) is 1.73. The van der Waals surface area contributed by atoms with Crippen molar-refractivity contribution in [3.8, 4) is 17.5 Å². The molecule has 148 valence electrons. The van der Waals surface area contributed by atoms with E-state index in [9.17, 15) is 10.1 Å². The van der Waals surface area contributed by atoms with Gasteiger partial charge in [-0.05, 0) is 30.7 Å². The summed E-state index contributed by atoms with van der Waals surface area (Å²) in [5.74, 6) is -0.474. The molecular formula is C20H21N7O2. The lowest BCUT2D eigenvalue weighted by molar-refractivity contribution is -0.118. The third-order valence-corrected chi connectivity index (χ3v) is 5.10. The number of nitriles is 1. The second-order valence-electron chi connectivity index (χ2n) is 7.07. The lowest BCUT2D eigenvalue weighted by Gasteiger charge is -2.35. The van der Waals surface area contributed by atoms with E-state index in [0.29, 0.717) is 36.5 Å². The van der Waals surface area contributed by atoms with Gasteiger partial charge in [-0.1, -0.05) is 0 Å². The van der Waals surface area contributed by atoms with Crippen molar-refractivity contribution in [3.05, 3.63) is 36.2 Å². The number of hydrogen-bond donors (Lipinski definition) is 2. The van der Waals surface area contributed by atoms with Crippen LogP contribution in [-0.4, -0.2) is 51.9 Å². The quantitative estimate of drug-likeness (QED) is 0.676. The van der Waals surface area contributed by atoms with Crippen molar-refractivity contribution in [2.45, 2.75) is 25.3 Å². The molecule has 9 heteroatoms. The third kappa shape index (κ3) is 3.62. The average Bonchev–Trinajstić information content (AvgIpc) is 3.25. The van der Waals surface area contributed by atoms with Gasteiger partial charge in [0.1, 0.15) is 17.0 Å². The molecule has 0 bridgehead atoms. The molecule has 1 unspecified atom stereocenters. The Hall–Kier alpha value is -3.51. The Morgan fingerprint density at radius 1 is 1.48 bits per heavy atom. The van der Waals surface area contributed by atoms with Gasteiger partial charge in [-0.15, -0.1) is 0 Å². The molecule has 1 saturated heterocycles. The summed E-state index contributed by atoms with van der Waals surface area (Å²) in [5, 5.41) is 17.4. The Morgan fingerprint density at radius 3 is 3.03 bits per heavy atom. The molecule has 2 atom stereocenters. The Bertz CT molecular complexity index is 1070. The summed E-state index contributed by atoms with van der Waals surface area (Å²) >= 11 is 0. The number of H-pyrrole nitrogens is 1. The molecule has 4 rings (SSSR count). The van der Waals surface area contributed by atoms with Gasteiger partial charge >= 0.3 is 0 Å². The van der Waals surface area contributed by atoms with Crippen molar-refractivity contribution in [3.63, 3.8) is 0 Å². The first kappa shape index (κ1) is 18.8. The van der Waals surface area contributed by atoms with Crippen LogP contribution >= 0.6 is 0 Å². The van der Waals surface area contributed by atoms with E-state index in [1.165, 1.54) is 0 Å². The molecule has 0 aromatic carbocycles. The molecule has 29 heavy (non-hydrogen) atoms. The zero-order valence-electron chi connectivity index (χ0n) is 16.0. The molecule has 9 nitrogen and oxygen atoms in total. The van der Waals surface area contributed by atoms with Crippen LogP contribution in [0.5, 0.6) is 0 Å². The first-order valence-electron chi connectivity index (χ1n) is 9.40. The molecule has 0 saturated carbocycles. The first-order valence-corrected chi connectivity index (χ1v) is 9.40. The maximum Gasteiger partial charge on any atom is 0.219 e. The van der Waals surface area contributed by atoms with Crippen molar-refractivity contribution < 1.29 is 9.53 Å². The Labute approximate surface area is 167 Å². The second-order valence-corrected chi connectivity index (χ2v) is 7.07. The van der Waals surface area contributed by atoms with Gasteiger partial charge in [0.15, 0.2) is 0 Å². The van der Waals surface area contributed by atoms with E-state index in [2.05, 4.69) is 33.1 Å². The summed E-state index contributed by atoms with van der Waals surface area (Å²) in [6.45, 7) is 3.95. The molecule has 4 heterocycles. The molecule has 3 aromatic rings. The average molecular weight is 391 g/mol. The zero-order valence-corrected chi connectivity index (χ0v) is 16.0. The Morgan fingerprint density at radius 2 is 2.34 bits per heavy atom. The van der Waals surface area contributed by atoms with Crippen molar-refractivity contribution >= 4 is 22.6 Å². The first-order chi connectivity index (χ1) is 14.1. The molecule has 3 aromatic heterocycles. The molecule has 1 amide bonds. The molecule has 1 fully saturated rings. The molecule has 1 aliphatic heterocycles. The zero-order chi connectivity index (χ0) is 20.4. The number of nitrogens with two attached hydrogens (primary N) is 1. The predicted molar refractivity (Wildman–Crippen MR) is 107 cm³/mol. The van der Waals surface area contributed by atoms with Crippen LogP contribution in [0.2, 0.25) is 0 Å². The summed E-state index contributed by atoms with van der Waals surface area (Å²) in [6.07, 6.45) is 3.25. The molecule has 3 N–H and O–H groups in total. The lowest BCUT2D eigenvalue weighted by Crippen LogP contribution is -2.44. The minimum atomic E-state index is -0.676. The number of anilines is 1. The van der Waals surface area contributed by atoms with Crippen LogP contribution in [0.25, 0.3) is 22.3 Å². The van der Waals surface area contributed by atoms with Gasteiger partial charge in [0.05, 0.1) is 36.9 Å². The van der Waals surface area contributed by atoms with Crippen LogP contribution in [0.3, 0.4) is 0 Å². The SMILES string of the molecule is C[C@@H]1COCCN1c1cc(C(C#N)CC(N)=O)c2ccnc(-c3ccn[nH]3)c2n1. The number of carbonyl (C=O) groups is 1. The fourth-order valence-electron chi connectivity index (χ4n) is 3.68.